The first kappa shape index (κ1) is 17.5. The third-order valence-corrected chi connectivity index (χ3v) is 5.32. The zero-order valence-electron chi connectivity index (χ0n) is 14.7. The Labute approximate surface area is 151 Å². The summed E-state index contributed by atoms with van der Waals surface area (Å²) in [5, 5.41) is 2.93. The number of thiazole rings is 1. The Morgan fingerprint density at radius 3 is 2.72 bits per heavy atom. The van der Waals surface area contributed by atoms with Gasteiger partial charge >= 0.3 is 0 Å². The predicted octanol–water partition coefficient (Wildman–Crippen LogP) is 2.92. The fourth-order valence-corrected chi connectivity index (χ4v) is 3.91. The standard InChI is InChI=1S/C18H22N4O2S/c1-12-13(7-8-14(20-12)18(24)21(2)3)17(23)22-10-5-4-6-15(22)16-19-9-11-25-16/h7-9,11,15H,4-6,10H2,1-3H3. The minimum Gasteiger partial charge on any atom is -0.343 e. The van der Waals surface area contributed by atoms with Gasteiger partial charge in [0.05, 0.1) is 17.3 Å². The van der Waals surface area contributed by atoms with Crippen molar-refractivity contribution in [1.82, 2.24) is 19.8 Å². The summed E-state index contributed by atoms with van der Waals surface area (Å²) in [5.41, 5.74) is 1.49. The number of carbonyl (C=O) groups excluding carboxylic acids is 2. The highest BCUT2D eigenvalue weighted by molar-refractivity contribution is 7.09. The molecule has 1 unspecified atom stereocenters. The molecule has 1 saturated heterocycles. The number of rotatable bonds is 3. The van der Waals surface area contributed by atoms with Crippen molar-refractivity contribution in [2.24, 2.45) is 0 Å². The second-order valence-corrected chi connectivity index (χ2v) is 7.34. The summed E-state index contributed by atoms with van der Waals surface area (Å²) in [6.45, 7) is 2.50. The maximum Gasteiger partial charge on any atom is 0.271 e. The summed E-state index contributed by atoms with van der Waals surface area (Å²) in [6.07, 6.45) is 4.81. The van der Waals surface area contributed by atoms with Gasteiger partial charge in [-0.25, -0.2) is 9.97 Å². The first-order chi connectivity index (χ1) is 12.0. The summed E-state index contributed by atoms with van der Waals surface area (Å²) in [7, 11) is 3.37. The quantitative estimate of drug-likeness (QED) is 0.846. The molecule has 7 heteroatoms. The minimum absolute atomic E-state index is 0.0312. The monoisotopic (exact) mass is 358 g/mol. The van der Waals surface area contributed by atoms with Crippen LogP contribution in [0.15, 0.2) is 23.7 Å². The zero-order valence-corrected chi connectivity index (χ0v) is 15.5. The number of carbonyl (C=O) groups is 2. The van der Waals surface area contributed by atoms with Crippen molar-refractivity contribution < 1.29 is 9.59 Å². The fourth-order valence-electron chi connectivity index (χ4n) is 3.12. The first-order valence-corrected chi connectivity index (χ1v) is 9.26. The van der Waals surface area contributed by atoms with Gasteiger partial charge in [-0.3, -0.25) is 9.59 Å². The SMILES string of the molecule is Cc1nc(C(=O)N(C)C)ccc1C(=O)N1CCCCC1c1nccs1. The van der Waals surface area contributed by atoms with Crippen LogP contribution in [-0.4, -0.2) is 52.2 Å². The molecular formula is C18H22N4O2S. The first-order valence-electron chi connectivity index (χ1n) is 8.38. The lowest BCUT2D eigenvalue weighted by Crippen LogP contribution is -2.39. The molecule has 0 bridgehead atoms. The number of hydrogen-bond acceptors (Lipinski definition) is 5. The van der Waals surface area contributed by atoms with Gasteiger partial charge in [0.2, 0.25) is 0 Å². The average molecular weight is 358 g/mol. The van der Waals surface area contributed by atoms with Crippen LogP contribution in [0.1, 0.15) is 56.9 Å². The van der Waals surface area contributed by atoms with Crippen molar-refractivity contribution in [3.63, 3.8) is 0 Å². The highest BCUT2D eigenvalue weighted by Gasteiger charge is 2.31. The topological polar surface area (TPSA) is 66.4 Å². The minimum atomic E-state index is -0.166. The number of pyridine rings is 1. The van der Waals surface area contributed by atoms with E-state index < -0.39 is 0 Å². The Morgan fingerprint density at radius 2 is 2.08 bits per heavy atom. The van der Waals surface area contributed by atoms with E-state index in [1.54, 1.807) is 50.7 Å². The van der Waals surface area contributed by atoms with Gasteiger partial charge in [-0.1, -0.05) is 0 Å². The third kappa shape index (κ3) is 3.56. The Bertz CT molecular complexity index is 773. The van der Waals surface area contributed by atoms with Crippen LogP contribution in [0.4, 0.5) is 0 Å². The largest absolute Gasteiger partial charge is 0.343 e. The van der Waals surface area contributed by atoms with Crippen molar-refractivity contribution >= 4 is 23.2 Å². The van der Waals surface area contributed by atoms with Gasteiger partial charge in [0.25, 0.3) is 11.8 Å². The lowest BCUT2D eigenvalue weighted by Gasteiger charge is -2.34. The molecule has 1 fully saturated rings. The Morgan fingerprint density at radius 1 is 1.28 bits per heavy atom. The molecule has 3 rings (SSSR count). The van der Waals surface area contributed by atoms with E-state index in [1.165, 1.54) is 4.90 Å². The molecule has 0 aliphatic carbocycles. The Hall–Kier alpha value is -2.28. The molecule has 2 amide bonds. The third-order valence-electron chi connectivity index (χ3n) is 4.44. The van der Waals surface area contributed by atoms with Crippen molar-refractivity contribution in [2.75, 3.05) is 20.6 Å². The normalized spacial score (nSPS) is 17.4. The summed E-state index contributed by atoms with van der Waals surface area (Å²) in [6, 6.07) is 3.38. The van der Waals surface area contributed by atoms with Crippen molar-refractivity contribution in [3.05, 3.63) is 45.7 Å². The van der Waals surface area contributed by atoms with E-state index >= 15 is 0 Å². The van der Waals surface area contributed by atoms with Crippen LogP contribution in [0.25, 0.3) is 0 Å². The molecule has 0 aromatic carbocycles. The molecule has 2 aromatic heterocycles. The Kier molecular flexibility index (Phi) is 5.13. The average Bonchev–Trinajstić information content (AvgIpc) is 3.15. The van der Waals surface area contributed by atoms with Gasteiger partial charge in [0, 0.05) is 32.2 Å². The molecule has 0 spiro atoms. The molecule has 1 aliphatic rings. The van der Waals surface area contributed by atoms with Crippen LogP contribution >= 0.6 is 11.3 Å². The maximum atomic E-state index is 13.1. The zero-order chi connectivity index (χ0) is 18.0. The molecule has 0 saturated carbocycles. The van der Waals surface area contributed by atoms with E-state index in [0.29, 0.717) is 17.0 Å². The number of aromatic nitrogens is 2. The molecule has 1 aliphatic heterocycles. The molecule has 0 radical (unpaired) electrons. The summed E-state index contributed by atoms with van der Waals surface area (Å²) >= 11 is 1.59. The van der Waals surface area contributed by atoms with Crippen LogP contribution in [0, 0.1) is 6.92 Å². The van der Waals surface area contributed by atoms with Gasteiger partial charge in [-0.15, -0.1) is 11.3 Å². The van der Waals surface area contributed by atoms with Crippen LogP contribution in [0.3, 0.4) is 0 Å². The molecule has 2 aromatic rings. The van der Waals surface area contributed by atoms with E-state index in [-0.39, 0.29) is 17.9 Å². The van der Waals surface area contributed by atoms with Gasteiger partial charge in [-0.05, 0) is 38.3 Å². The van der Waals surface area contributed by atoms with E-state index in [2.05, 4.69) is 9.97 Å². The predicted molar refractivity (Wildman–Crippen MR) is 96.7 cm³/mol. The number of hydrogen-bond donors (Lipinski definition) is 0. The smallest absolute Gasteiger partial charge is 0.271 e. The molecular weight excluding hydrogens is 336 g/mol. The van der Waals surface area contributed by atoms with Crippen LogP contribution < -0.4 is 0 Å². The summed E-state index contributed by atoms with van der Waals surface area (Å²) in [4.78, 5) is 37.3. The van der Waals surface area contributed by atoms with E-state index in [1.807, 2.05) is 10.3 Å². The highest BCUT2D eigenvalue weighted by atomic mass is 32.1. The summed E-state index contributed by atoms with van der Waals surface area (Å²) < 4.78 is 0. The maximum absolute atomic E-state index is 13.1. The van der Waals surface area contributed by atoms with E-state index in [9.17, 15) is 9.59 Å². The van der Waals surface area contributed by atoms with Gasteiger partial charge in [-0.2, -0.15) is 0 Å². The lowest BCUT2D eigenvalue weighted by molar-refractivity contribution is 0.0609. The highest BCUT2D eigenvalue weighted by Crippen LogP contribution is 2.33. The molecule has 0 N–H and O–H groups in total. The summed E-state index contributed by atoms with van der Waals surface area (Å²) in [5.74, 6) is -0.200. The van der Waals surface area contributed by atoms with Gasteiger partial charge < -0.3 is 9.80 Å². The number of piperidine rings is 1. The second kappa shape index (κ2) is 7.31. The molecule has 25 heavy (non-hydrogen) atoms. The van der Waals surface area contributed by atoms with Crippen molar-refractivity contribution in [2.45, 2.75) is 32.2 Å². The van der Waals surface area contributed by atoms with E-state index in [0.717, 1.165) is 30.8 Å². The fraction of sp³-hybridized carbons (Fsp3) is 0.444. The number of nitrogens with zero attached hydrogens (tertiary/aromatic N) is 4. The van der Waals surface area contributed by atoms with Crippen molar-refractivity contribution in [3.8, 4) is 0 Å². The van der Waals surface area contributed by atoms with Crippen LogP contribution in [-0.2, 0) is 0 Å². The molecule has 3 heterocycles. The van der Waals surface area contributed by atoms with Crippen LogP contribution in [0.2, 0.25) is 0 Å². The van der Waals surface area contributed by atoms with Crippen molar-refractivity contribution in [1.29, 1.82) is 0 Å². The number of aryl methyl sites for hydroxylation is 1. The molecule has 6 nitrogen and oxygen atoms in total. The molecule has 132 valence electrons. The van der Waals surface area contributed by atoms with Gasteiger partial charge in [0.1, 0.15) is 10.7 Å². The Balaban J connectivity index is 1.87. The van der Waals surface area contributed by atoms with Crippen LogP contribution in [0.5, 0.6) is 0 Å². The number of amides is 2. The van der Waals surface area contributed by atoms with E-state index in [4.69, 9.17) is 0 Å². The van der Waals surface area contributed by atoms with Gasteiger partial charge in [0.15, 0.2) is 0 Å². The number of likely N-dealkylation sites (tertiary alicyclic amines) is 1. The lowest BCUT2D eigenvalue weighted by atomic mass is 10.0. The molecule has 1 atom stereocenters. The second-order valence-electron chi connectivity index (χ2n) is 6.41.